The van der Waals surface area contributed by atoms with Gasteiger partial charge in [-0.25, -0.2) is 0 Å². The van der Waals surface area contributed by atoms with Gasteiger partial charge in [0, 0.05) is 24.1 Å². The zero-order valence-electron chi connectivity index (χ0n) is 13.2. The number of hydrogen-bond donors (Lipinski definition) is 1. The van der Waals surface area contributed by atoms with Crippen molar-refractivity contribution < 1.29 is 9.47 Å². The minimum Gasteiger partial charge on any atom is -0.497 e. The van der Waals surface area contributed by atoms with Gasteiger partial charge >= 0.3 is 0 Å². The van der Waals surface area contributed by atoms with Gasteiger partial charge in [-0.2, -0.15) is 0 Å². The van der Waals surface area contributed by atoms with Gasteiger partial charge < -0.3 is 14.8 Å². The molecule has 1 aliphatic heterocycles. The van der Waals surface area contributed by atoms with Crippen molar-refractivity contribution in [2.45, 2.75) is 57.1 Å². The van der Waals surface area contributed by atoms with E-state index in [0.717, 1.165) is 17.9 Å². The van der Waals surface area contributed by atoms with Crippen LogP contribution in [-0.2, 0) is 0 Å². The van der Waals surface area contributed by atoms with Gasteiger partial charge in [-0.1, -0.05) is 31.7 Å². The molecule has 3 nitrogen and oxygen atoms in total. The van der Waals surface area contributed by atoms with E-state index in [0.29, 0.717) is 18.1 Å². The number of hydrogen-bond acceptors (Lipinski definition) is 3. The second kappa shape index (κ2) is 6.69. The van der Waals surface area contributed by atoms with Crippen molar-refractivity contribution in [3.05, 3.63) is 23.8 Å². The van der Waals surface area contributed by atoms with Gasteiger partial charge in [-0.3, -0.25) is 0 Å². The van der Waals surface area contributed by atoms with Crippen molar-refractivity contribution in [3.8, 4) is 11.5 Å². The van der Waals surface area contributed by atoms with Gasteiger partial charge in [-0.15, -0.1) is 0 Å². The Morgan fingerprint density at radius 1 is 1.14 bits per heavy atom. The lowest BCUT2D eigenvalue weighted by Gasteiger charge is -2.36. The summed E-state index contributed by atoms with van der Waals surface area (Å²) in [7, 11) is 3.76. The Balaban J connectivity index is 1.82. The quantitative estimate of drug-likeness (QED) is 0.851. The van der Waals surface area contributed by atoms with Gasteiger partial charge in [-0.05, 0) is 31.9 Å². The van der Waals surface area contributed by atoms with Crippen LogP contribution in [0.1, 0.15) is 56.6 Å². The predicted octanol–water partition coefficient (Wildman–Crippen LogP) is 4.08. The lowest BCUT2D eigenvalue weighted by atomic mass is 9.86. The van der Waals surface area contributed by atoms with Crippen LogP contribution in [0.3, 0.4) is 0 Å². The highest BCUT2D eigenvalue weighted by Gasteiger charge is 2.33. The topological polar surface area (TPSA) is 30.5 Å². The van der Waals surface area contributed by atoms with Crippen LogP contribution in [0, 0.1) is 5.92 Å². The maximum absolute atomic E-state index is 6.38. The average Bonchev–Trinajstić information content (AvgIpc) is 2.82. The number of ether oxygens (including phenoxy) is 2. The molecule has 0 saturated heterocycles. The highest BCUT2D eigenvalue weighted by atomic mass is 16.5. The molecule has 1 fully saturated rings. The van der Waals surface area contributed by atoms with Crippen LogP contribution < -0.4 is 14.8 Å². The third-order valence-corrected chi connectivity index (χ3v) is 5.12. The molecule has 0 bridgehead atoms. The summed E-state index contributed by atoms with van der Waals surface area (Å²) in [6.45, 7) is 0. The molecule has 1 aromatic carbocycles. The van der Waals surface area contributed by atoms with Gasteiger partial charge in [0.2, 0.25) is 0 Å². The first kappa shape index (κ1) is 14.7. The first-order valence-corrected chi connectivity index (χ1v) is 8.33. The van der Waals surface area contributed by atoms with Crippen LogP contribution in [0.4, 0.5) is 0 Å². The molecule has 1 aliphatic carbocycles. The molecule has 116 valence electrons. The van der Waals surface area contributed by atoms with Crippen LogP contribution in [-0.4, -0.2) is 20.3 Å². The standard InChI is InChI=1S/C18H27NO2/c1-19-16-12-17(13-7-5-3-4-6-8-13)21-18-11-14(20-2)9-10-15(16)18/h9-11,13,16-17,19H,3-8,12H2,1-2H3. The molecule has 2 unspecified atom stereocenters. The fourth-order valence-corrected chi connectivity index (χ4v) is 3.85. The van der Waals surface area contributed by atoms with Gasteiger partial charge in [0.15, 0.2) is 0 Å². The normalized spacial score (nSPS) is 26.6. The number of nitrogens with one attached hydrogen (secondary N) is 1. The van der Waals surface area contributed by atoms with E-state index in [-0.39, 0.29) is 0 Å². The summed E-state index contributed by atoms with van der Waals surface area (Å²) in [4.78, 5) is 0. The zero-order chi connectivity index (χ0) is 14.7. The second-order valence-corrected chi connectivity index (χ2v) is 6.39. The number of benzene rings is 1. The third-order valence-electron chi connectivity index (χ3n) is 5.12. The molecule has 21 heavy (non-hydrogen) atoms. The molecule has 3 rings (SSSR count). The van der Waals surface area contributed by atoms with Crippen molar-refractivity contribution in [2.75, 3.05) is 14.2 Å². The van der Waals surface area contributed by atoms with Crippen LogP contribution >= 0.6 is 0 Å². The summed E-state index contributed by atoms with van der Waals surface area (Å²) >= 11 is 0. The number of methoxy groups -OCH3 is 1. The summed E-state index contributed by atoms with van der Waals surface area (Å²) in [5.74, 6) is 2.60. The Bertz CT molecular complexity index is 466. The summed E-state index contributed by atoms with van der Waals surface area (Å²) in [6.07, 6.45) is 9.58. The molecule has 0 aromatic heterocycles. The summed E-state index contributed by atoms with van der Waals surface area (Å²) in [5, 5.41) is 3.46. The first-order valence-electron chi connectivity index (χ1n) is 8.33. The maximum Gasteiger partial charge on any atom is 0.128 e. The third kappa shape index (κ3) is 3.18. The molecule has 1 heterocycles. The molecule has 1 saturated carbocycles. The molecule has 0 spiro atoms. The number of fused-ring (bicyclic) bond motifs is 1. The fraction of sp³-hybridized carbons (Fsp3) is 0.667. The van der Waals surface area contributed by atoms with E-state index in [1.165, 1.54) is 44.1 Å². The minimum absolute atomic E-state index is 0.347. The Morgan fingerprint density at radius 3 is 2.57 bits per heavy atom. The van der Waals surface area contributed by atoms with Crippen molar-refractivity contribution in [2.24, 2.45) is 5.92 Å². The fourth-order valence-electron chi connectivity index (χ4n) is 3.85. The summed E-state index contributed by atoms with van der Waals surface area (Å²) in [6, 6.07) is 6.60. The van der Waals surface area contributed by atoms with E-state index in [2.05, 4.69) is 11.4 Å². The highest BCUT2D eigenvalue weighted by Crippen LogP contribution is 2.41. The first-order chi connectivity index (χ1) is 10.3. The van der Waals surface area contributed by atoms with Crippen molar-refractivity contribution in [1.29, 1.82) is 0 Å². The van der Waals surface area contributed by atoms with Crippen LogP contribution in [0.25, 0.3) is 0 Å². The number of rotatable bonds is 3. The molecule has 0 amide bonds. The molecular formula is C18H27NO2. The van der Waals surface area contributed by atoms with Crippen LogP contribution in [0.15, 0.2) is 18.2 Å². The van der Waals surface area contributed by atoms with Gasteiger partial charge in [0.25, 0.3) is 0 Å². The van der Waals surface area contributed by atoms with E-state index in [1.54, 1.807) is 7.11 Å². The molecule has 2 aliphatic rings. The lowest BCUT2D eigenvalue weighted by Crippen LogP contribution is -2.36. The van der Waals surface area contributed by atoms with Crippen LogP contribution in [0.5, 0.6) is 11.5 Å². The molecule has 0 radical (unpaired) electrons. The van der Waals surface area contributed by atoms with Gasteiger partial charge in [0.1, 0.15) is 17.6 Å². The maximum atomic E-state index is 6.38. The molecule has 2 atom stereocenters. The predicted molar refractivity (Wildman–Crippen MR) is 85.0 cm³/mol. The van der Waals surface area contributed by atoms with E-state index in [1.807, 2.05) is 19.2 Å². The zero-order valence-corrected chi connectivity index (χ0v) is 13.2. The largest absolute Gasteiger partial charge is 0.497 e. The monoisotopic (exact) mass is 289 g/mol. The SMILES string of the molecule is CNC1CC(C2CCCCCC2)Oc2cc(OC)ccc21. The Morgan fingerprint density at radius 2 is 1.90 bits per heavy atom. The van der Waals surface area contributed by atoms with E-state index in [4.69, 9.17) is 9.47 Å². The molecule has 1 N–H and O–H groups in total. The summed E-state index contributed by atoms with van der Waals surface area (Å²) < 4.78 is 11.7. The van der Waals surface area contributed by atoms with Crippen molar-refractivity contribution in [1.82, 2.24) is 5.32 Å². The van der Waals surface area contributed by atoms with Gasteiger partial charge in [0.05, 0.1) is 7.11 Å². The van der Waals surface area contributed by atoms with Crippen LogP contribution in [0.2, 0.25) is 0 Å². The molecule has 1 aromatic rings. The van der Waals surface area contributed by atoms with Crippen molar-refractivity contribution in [3.63, 3.8) is 0 Å². The van der Waals surface area contributed by atoms with E-state index >= 15 is 0 Å². The van der Waals surface area contributed by atoms with E-state index < -0.39 is 0 Å². The van der Waals surface area contributed by atoms with Crippen molar-refractivity contribution >= 4 is 0 Å². The van der Waals surface area contributed by atoms with E-state index in [9.17, 15) is 0 Å². The Hall–Kier alpha value is -1.22. The Kier molecular flexibility index (Phi) is 4.69. The average molecular weight is 289 g/mol. The second-order valence-electron chi connectivity index (χ2n) is 6.39. The molecule has 3 heteroatoms. The smallest absolute Gasteiger partial charge is 0.128 e. The summed E-state index contributed by atoms with van der Waals surface area (Å²) in [5.41, 5.74) is 1.27. The minimum atomic E-state index is 0.347. The molecular weight excluding hydrogens is 262 g/mol. The lowest BCUT2D eigenvalue weighted by molar-refractivity contribution is 0.0853. The highest BCUT2D eigenvalue weighted by molar-refractivity contribution is 5.44. The Labute approximate surface area is 128 Å².